The van der Waals surface area contributed by atoms with E-state index >= 15 is 0 Å². The summed E-state index contributed by atoms with van der Waals surface area (Å²) in [5, 5.41) is 0. The molecule has 33 heavy (non-hydrogen) atoms. The second-order valence-electron chi connectivity index (χ2n) is 8.25. The van der Waals surface area contributed by atoms with Gasteiger partial charge in [-0.15, -0.1) is 0 Å². The number of fused-ring (bicyclic) bond motifs is 1. The average Bonchev–Trinajstić information content (AvgIpc) is 3.20. The Hall–Kier alpha value is -3.95. The van der Waals surface area contributed by atoms with Gasteiger partial charge in [-0.05, 0) is 24.6 Å². The van der Waals surface area contributed by atoms with E-state index in [-0.39, 0.29) is 23.5 Å². The van der Waals surface area contributed by atoms with Crippen LogP contribution in [-0.2, 0) is 13.6 Å². The predicted octanol–water partition coefficient (Wildman–Crippen LogP) is 1.64. The van der Waals surface area contributed by atoms with Gasteiger partial charge < -0.3 is 9.80 Å². The zero-order chi connectivity index (χ0) is 23.1. The SMILES string of the molecule is Cc1ccc(N2CCN(c3nc4c(c(=O)[nH]c(=O)n4C)n3Cc3ccccc3F)CC2)nc1. The van der Waals surface area contributed by atoms with Crippen LogP contribution in [0, 0.1) is 12.7 Å². The standard InChI is InChI=1S/C23H24FN7O2/c1-15-7-8-18(25-13-15)29-9-11-30(12-10-29)22-26-20-19(21(32)27-23(33)28(20)2)31(22)14-16-5-3-4-6-17(16)24/h3-8,13H,9-12,14H2,1-2H3,(H,27,32,33). The summed E-state index contributed by atoms with van der Waals surface area (Å²) < 4.78 is 17.5. The lowest BCUT2D eigenvalue weighted by Crippen LogP contribution is -2.47. The van der Waals surface area contributed by atoms with Gasteiger partial charge in [0.05, 0.1) is 6.54 Å². The first-order valence-corrected chi connectivity index (χ1v) is 10.8. The predicted molar refractivity (Wildman–Crippen MR) is 124 cm³/mol. The quantitative estimate of drug-likeness (QED) is 0.509. The molecule has 0 spiro atoms. The topological polar surface area (TPSA) is 92.0 Å². The highest BCUT2D eigenvalue weighted by Gasteiger charge is 2.26. The maximum atomic E-state index is 14.5. The summed E-state index contributed by atoms with van der Waals surface area (Å²) in [6.45, 7) is 4.84. The Bertz CT molecular complexity index is 1430. The summed E-state index contributed by atoms with van der Waals surface area (Å²) in [5.41, 5.74) is 0.995. The number of nitrogens with one attached hydrogen (secondary N) is 1. The van der Waals surface area contributed by atoms with Crippen molar-refractivity contribution >= 4 is 22.9 Å². The number of halogens is 1. The molecule has 0 bridgehead atoms. The number of aromatic nitrogens is 5. The second-order valence-corrected chi connectivity index (χ2v) is 8.25. The lowest BCUT2D eigenvalue weighted by atomic mass is 10.2. The number of pyridine rings is 1. The molecule has 3 aromatic heterocycles. The zero-order valence-corrected chi connectivity index (χ0v) is 18.5. The highest BCUT2D eigenvalue weighted by atomic mass is 19.1. The number of aryl methyl sites for hydroxylation is 2. The van der Waals surface area contributed by atoms with Crippen molar-refractivity contribution in [2.75, 3.05) is 36.0 Å². The van der Waals surface area contributed by atoms with Crippen molar-refractivity contribution in [2.24, 2.45) is 7.05 Å². The van der Waals surface area contributed by atoms with Gasteiger partial charge in [0, 0.05) is 45.0 Å². The Morgan fingerprint density at radius 1 is 1.03 bits per heavy atom. The lowest BCUT2D eigenvalue weighted by Gasteiger charge is -2.36. The fourth-order valence-corrected chi connectivity index (χ4v) is 4.19. The number of rotatable bonds is 4. The fourth-order valence-electron chi connectivity index (χ4n) is 4.19. The summed E-state index contributed by atoms with van der Waals surface area (Å²) in [5.74, 6) is 1.09. The number of anilines is 2. The van der Waals surface area contributed by atoms with Crippen molar-refractivity contribution in [1.82, 2.24) is 24.1 Å². The van der Waals surface area contributed by atoms with E-state index in [0.29, 0.717) is 37.7 Å². The van der Waals surface area contributed by atoms with Gasteiger partial charge in [0.15, 0.2) is 11.2 Å². The van der Waals surface area contributed by atoms with Crippen molar-refractivity contribution in [2.45, 2.75) is 13.5 Å². The van der Waals surface area contributed by atoms with Crippen LogP contribution in [0.2, 0.25) is 0 Å². The summed E-state index contributed by atoms with van der Waals surface area (Å²) in [6, 6.07) is 10.5. The molecule has 4 heterocycles. The molecule has 1 aliphatic heterocycles. The van der Waals surface area contributed by atoms with Gasteiger partial charge in [0.1, 0.15) is 11.6 Å². The maximum absolute atomic E-state index is 14.5. The smallest absolute Gasteiger partial charge is 0.329 e. The molecule has 4 aromatic rings. The molecule has 0 radical (unpaired) electrons. The van der Waals surface area contributed by atoms with E-state index in [9.17, 15) is 14.0 Å². The van der Waals surface area contributed by atoms with Gasteiger partial charge in [0.25, 0.3) is 5.56 Å². The van der Waals surface area contributed by atoms with Crippen LogP contribution < -0.4 is 21.0 Å². The molecule has 0 unspecified atom stereocenters. The van der Waals surface area contributed by atoms with Crippen molar-refractivity contribution in [3.05, 3.63) is 80.4 Å². The van der Waals surface area contributed by atoms with E-state index in [2.05, 4.69) is 24.8 Å². The largest absolute Gasteiger partial charge is 0.353 e. The van der Waals surface area contributed by atoms with Crippen molar-refractivity contribution < 1.29 is 4.39 Å². The van der Waals surface area contributed by atoms with Crippen molar-refractivity contribution in [3.8, 4) is 0 Å². The first-order valence-electron chi connectivity index (χ1n) is 10.8. The number of nitrogens with zero attached hydrogens (tertiary/aromatic N) is 6. The van der Waals surface area contributed by atoms with Gasteiger partial charge in [0.2, 0.25) is 5.95 Å². The zero-order valence-electron chi connectivity index (χ0n) is 18.5. The van der Waals surface area contributed by atoms with Crippen LogP contribution in [0.15, 0.2) is 52.2 Å². The number of aromatic amines is 1. The average molecular weight is 449 g/mol. The van der Waals surface area contributed by atoms with E-state index in [1.807, 2.05) is 25.3 Å². The van der Waals surface area contributed by atoms with E-state index in [4.69, 9.17) is 0 Å². The van der Waals surface area contributed by atoms with Crippen molar-refractivity contribution in [3.63, 3.8) is 0 Å². The molecule has 0 aliphatic carbocycles. The fraction of sp³-hybridized carbons (Fsp3) is 0.304. The van der Waals surface area contributed by atoms with E-state index in [1.54, 1.807) is 29.8 Å². The van der Waals surface area contributed by atoms with E-state index in [1.165, 1.54) is 10.6 Å². The first-order chi connectivity index (χ1) is 15.9. The third kappa shape index (κ3) is 3.77. The normalized spacial score (nSPS) is 14.3. The Balaban J connectivity index is 1.53. The number of hydrogen-bond acceptors (Lipinski definition) is 6. The third-order valence-electron chi connectivity index (χ3n) is 6.06. The Kier molecular flexibility index (Phi) is 5.20. The van der Waals surface area contributed by atoms with Gasteiger partial charge >= 0.3 is 5.69 Å². The summed E-state index contributed by atoms with van der Waals surface area (Å²) in [7, 11) is 1.56. The first kappa shape index (κ1) is 20.9. The molecule has 1 fully saturated rings. The molecule has 1 aromatic carbocycles. The lowest BCUT2D eigenvalue weighted by molar-refractivity contribution is 0.592. The monoisotopic (exact) mass is 449 g/mol. The van der Waals surface area contributed by atoms with Gasteiger partial charge in [-0.2, -0.15) is 4.98 Å². The second kappa shape index (κ2) is 8.19. The van der Waals surface area contributed by atoms with E-state index in [0.717, 1.165) is 11.4 Å². The van der Waals surface area contributed by atoms with Crippen molar-refractivity contribution in [1.29, 1.82) is 0 Å². The summed E-state index contributed by atoms with van der Waals surface area (Å²) in [4.78, 5) is 40.7. The van der Waals surface area contributed by atoms with Crippen LogP contribution >= 0.6 is 0 Å². The third-order valence-corrected chi connectivity index (χ3v) is 6.06. The molecule has 0 atom stereocenters. The number of H-pyrrole nitrogens is 1. The van der Waals surface area contributed by atoms with Gasteiger partial charge in [-0.3, -0.25) is 18.9 Å². The van der Waals surface area contributed by atoms with E-state index < -0.39 is 11.2 Å². The Labute approximate surface area is 188 Å². The van der Waals surface area contributed by atoms with Crippen LogP contribution in [-0.4, -0.2) is 50.3 Å². The number of benzene rings is 1. The summed E-state index contributed by atoms with van der Waals surface area (Å²) in [6.07, 6.45) is 1.85. The molecule has 1 saturated heterocycles. The molecule has 0 amide bonds. The molecule has 1 N–H and O–H groups in total. The minimum Gasteiger partial charge on any atom is -0.353 e. The van der Waals surface area contributed by atoms with Crippen LogP contribution in [0.25, 0.3) is 11.2 Å². The molecule has 5 rings (SSSR count). The van der Waals surface area contributed by atoms with Crippen LogP contribution in [0.3, 0.4) is 0 Å². The molecule has 0 saturated carbocycles. The number of piperazine rings is 1. The van der Waals surface area contributed by atoms with Gasteiger partial charge in [-0.25, -0.2) is 14.2 Å². The summed E-state index contributed by atoms with van der Waals surface area (Å²) >= 11 is 0. The Morgan fingerprint density at radius 3 is 2.45 bits per heavy atom. The van der Waals surface area contributed by atoms with Crippen LogP contribution in [0.1, 0.15) is 11.1 Å². The highest BCUT2D eigenvalue weighted by Crippen LogP contribution is 2.24. The highest BCUT2D eigenvalue weighted by molar-refractivity contribution is 5.74. The molecular formula is C23H24FN7O2. The molecule has 1 aliphatic rings. The van der Waals surface area contributed by atoms with Crippen LogP contribution in [0.4, 0.5) is 16.2 Å². The number of hydrogen-bond donors (Lipinski definition) is 1. The maximum Gasteiger partial charge on any atom is 0.329 e. The molecule has 170 valence electrons. The minimum atomic E-state index is -0.537. The minimum absolute atomic E-state index is 0.125. The van der Waals surface area contributed by atoms with Crippen LogP contribution in [0.5, 0.6) is 0 Å². The van der Waals surface area contributed by atoms with Gasteiger partial charge in [-0.1, -0.05) is 24.3 Å². The number of imidazole rings is 1. The molecular weight excluding hydrogens is 425 g/mol. The molecule has 9 nitrogen and oxygen atoms in total. The Morgan fingerprint density at radius 2 is 1.76 bits per heavy atom. The molecule has 10 heteroatoms.